The van der Waals surface area contributed by atoms with Gasteiger partial charge < -0.3 is 10.4 Å². The molecule has 0 radical (unpaired) electrons. The first-order valence-corrected chi connectivity index (χ1v) is 3.58. The quantitative estimate of drug-likeness (QED) is 0.591. The lowest BCUT2D eigenvalue weighted by Gasteiger charge is -2.07. The molecule has 3 heteroatoms. The fourth-order valence-electron chi connectivity index (χ4n) is 0.488. The first-order valence-electron chi connectivity index (χ1n) is 3.58. The molecule has 0 saturated carbocycles. The van der Waals surface area contributed by atoms with Crippen molar-refractivity contribution >= 4 is 5.91 Å². The molecular weight excluding hydrogens is 130 g/mol. The van der Waals surface area contributed by atoms with E-state index in [9.17, 15) is 4.79 Å². The molecule has 0 bridgehead atoms. The number of carbonyl (C=O) groups excluding carboxylic acids is 1. The number of hydrogen-bond donors (Lipinski definition) is 2. The first kappa shape index (κ1) is 9.43. The predicted molar refractivity (Wildman–Crippen MR) is 39.6 cm³/mol. The van der Waals surface area contributed by atoms with E-state index in [0.29, 0.717) is 12.5 Å². The van der Waals surface area contributed by atoms with Crippen LogP contribution in [0.2, 0.25) is 0 Å². The zero-order valence-electron chi connectivity index (χ0n) is 6.55. The molecule has 2 N–H and O–H groups in total. The van der Waals surface area contributed by atoms with E-state index in [1.165, 1.54) is 0 Å². The number of aliphatic hydroxyl groups is 1. The van der Waals surface area contributed by atoms with E-state index in [2.05, 4.69) is 19.2 Å². The summed E-state index contributed by atoms with van der Waals surface area (Å²) in [4.78, 5) is 10.5. The van der Waals surface area contributed by atoms with Crippen LogP contribution in [0.4, 0.5) is 0 Å². The molecule has 0 aromatic carbocycles. The predicted octanol–water partition coefficient (Wildman–Crippen LogP) is 0.141. The molecule has 10 heavy (non-hydrogen) atoms. The second-order valence-electron chi connectivity index (χ2n) is 2.48. The highest BCUT2D eigenvalue weighted by atomic mass is 16.3. The van der Waals surface area contributed by atoms with E-state index in [1.807, 2.05) is 0 Å². The lowest BCUT2D eigenvalue weighted by Crippen LogP contribution is -2.30. The average Bonchev–Trinajstić information content (AvgIpc) is 1.99. The fourth-order valence-corrected chi connectivity index (χ4v) is 0.488. The van der Waals surface area contributed by atoms with Crippen LogP contribution in [0.15, 0.2) is 0 Å². The third-order valence-electron chi connectivity index (χ3n) is 1.49. The van der Waals surface area contributed by atoms with Crippen molar-refractivity contribution in [1.82, 2.24) is 5.32 Å². The summed E-state index contributed by atoms with van der Waals surface area (Å²) >= 11 is 0. The van der Waals surface area contributed by atoms with E-state index in [1.54, 1.807) is 0 Å². The van der Waals surface area contributed by atoms with Crippen LogP contribution in [-0.2, 0) is 4.79 Å². The van der Waals surface area contributed by atoms with Gasteiger partial charge in [-0.05, 0) is 5.92 Å². The van der Waals surface area contributed by atoms with Gasteiger partial charge in [0.25, 0.3) is 0 Å². The summed E-state index contributed by atoms with van der Waals surface area (Å²) in [5.41, 5.74) is 0. The molecule has 0 aromatic rings. The number of hydrogen-bond acceptors (Lipinski definition) is 2. The third kappa shape index (κ3) is 4.32. The van der Waals surface area contributed by atoms with Crippen LogP contribution in [0, 0.1) is 5.92 Å². The highest BCUT2D eigenvalue weighted by Crippen LogP contribution is 1.96. The molecule has 0 aliphatic rings. The van der Waals surface area contributed by atoms with Crippen molar-refractivity contribution in [3.8, 4) is 0 Å². The number of aliphatic hydroxyl groups excluding tert-OH is 1. The zero-order valence-corrected chi connectivity index (χ0v) is 6.55. The van der Waals surface area contributed by atoms with E-state index < -0.39 is 6.61 Å². The Hall–Kier alpha value is -0.570. The molecular formula is C7H15NO2. The summed E-state index contributed by atoms with van der Waals surface area (Å²) < 4.78 is 0. The van der Waals surface area contributed by atoms with Crippen molar-refractivity contribution in [3.63, 3.8) is 0 Å². The van der Waals surface area contributed by atoms with Crippen LogP contribution in [-0.4, -0.2) is 24.2 Å². The lowest BCUT2D eigenvalue weighted by atomic mass is 10.1. The lowest BCUT2D eigenvalue weighted by molar-refractivity contribution is -0.123. The van der Waals surface area contributed by atoms with E-state index in [-0.39, 0.29) is 5.91 Å². The summed E-state index contributed by atoms with van der Waals surface area (Å²) in [5.74, 6) is 0.204. The molecule has 0 aliphatic carbocycles. The summed E-state index contributed by atoms with van der Waals surface area (Å²) in [6.45, 7) is 4.37. The van der Waals surface area contributed by atoms with Crippen LogP contribution < -0.4 is 5.32 Å². The van der Waals surface area contributed by atoms with E-state index >= 15 is 0 Å². The minimum Gasteiger partial charge on any atom is -0.387 e. The van der Waals surface area contributed by atoms with Crippen molar-refractivity contribution in [3.05, 3.63) is 0 Å². The summed E-state index contributed by atoms with van der Waals surface area (Å²) in [7, 11) is 0. The topological polar surface area (TPSA) is 49.3 Å². The van der Waals surface area contributed by atoms with Gasteiger partial charge in [0.1, 0.15) is 6.61 Å². The molecule has 0 heterocycles. The molecule has 0 aromatic heterocycles. The minimum atomic E-state index is -0.406. The highest BCUT2D eigenvalue weighted by Gasteiger charge is 2.00. The number of amides is 1. The van der Waals surface area contributed by atoms with Gasteiger partial charge in [-0.1, -0.05) is 20.3 Å². The van der Waals surface area contributed by atoms with Gasteiger partial charge in [0.15, 0.2) is 0 Å². The van der Waals surface area contributed by atoms with Crippen LogP contribution in [0.25, 0.3) is 0 Å². The second kappa shape index (κ2) is 5.23. The number of carbonyl (C=O) groups is 1. The first-order chi connectivity index (χ1) is 4.70. The Morgan fingerprint density at radius 2 is 2.30 bits per heavy atom. The maximum atomic E-state index is 10.5. The van der Waals surface area contributed by atoms with Crippen LogP contribution in [0.3, 0.4) is 0 Å². The van der Waals surface area contributed by atoms with Gasteiger partial charge in [-0.15, -0.1) is 0 Å². The van der Waals surface area contributed by atoms with Crippen molar-refractivity contribution < 1.29 is 9.90 Å². The van der Waals surface area contributed by atoms with Gasteiger partial charge in [0.05, 0.1) is 0 Å². The Morgan fingerprint density at radius 1 is 1.70 bits per heavy atom. The monoisotopic (exact) mass is 145 g/mol. The standard InChI is InChI=1S/C7H15NO2/c1-3-6(2)4-8-7(10)5-9/h6,9H,3-5H2,1-2H3,(H,8,10). The van der Waals surface area contributed by atoms with E-state index in [4.69, 9.17) is 5.11 Å². The zero-order chi connectivity index (χ0) is 7.98. The summed E-state index contributed by atoms with van der Waals surface area (Å²) in [6, 6.07) is 0. The minimum absolute atomic E-state index is 0.291. The number of rotatable bonds is 4. The molecule has 1 amide bonds. The summed E-state index contributed by atoms with van der Waals surface area (Å²) in [5, 5.41) is 10.9. The molecule has 0 rings (SSSR count). The maximum absolute atomic E-state index is 10.5. The molecule has 1 unspecified atom stereocenters. The van der Waals surface area contributed by atoms with Crippen LogP contribution in [0.5, 0.6) is 0 Å². The molecule has 0 aliphatic heterocycles. The van der Waals surface area contributed by atoms with E-state index in [0.717, 1.165) is 6.42 Å². The second-order valence-corrected chi connectivity index (χ2v) is 2.48. The van der Waals surface area contributed by atoms with Gasteiger partial charge in [-0.25, -0.2) is 0 Å². The largest absolute Gasteiger partial charge is 0.387 e. The van der Waals surface area contributed by atoms with Crippen LogP contribution in [0.1, 0.15) is 20.3 Å². The normalized spacial score (nSPS) is 12.7. The Balaban J connectivity index is 3.26. The third-order valence-corrected chi connectivity index (χ3v) is 1.49. The van der Waals surface area contributed by atoms with Gasteiger partial charge in [0, 0.05) is 6.54 Å². The van der Waals surface area contributed by atoms with Crippen molar-refractivity contribution in [2.75, 3.05) is 13.2 Å². The van der Waals surface area contributed by atoms with Gasteiger partial charge >= 0.3 is 0 Å². The number of nitrogens with one attached hydrogen (secondary N) is 1. The van der Waals surface area contributed by atoms with Crippen LogP contribution >= 0.6 is 0 Å². The van der Waals surface area contributed by atoms with Crippen molar-refractivity contribution in [2.45, 2.75) is 20.3 Å². The molecule has 3 nitrogen and oxygen atoms in total. The highest BCUT2D eigenvalue weighted by molar-refractivity contribution is 5.76. The van der Waals surface area contributed by atoms with Gasteiger partial charge in [-0.2, -0.15) is 0 Å². The molecule has 0 spiro atoms. The molecule has 0 saturated heterocycles. The molecule has 1 atom stereocenters. The smallest absolute Gasteiger partial charge is 0.245 e. The van der Waals surface area contributed by atoms with Gasteiger partial charge in [0.2, 0.25) is 5.91 Å². The fraction of sp³-hybridized carbons (Fsp3) is 0.857. The SMILES string of the molecule is CCC(C)CNC(=O)CO. The molecule has 60 valence electrons. The molecule has 0 fully saturated rings. The Morgan fingerprint density at radius 3 is 2.70 bits per heavy atom. The maximum Gasteiger partial charge on any atom is 0.245 e. The summed E-state index contributed by atoms with van der Waals surface area (Å²) in [6.07, 6.45) is 1.05. The average molecular weight is 145 g/mol. The van der Waals surface area contributed by atoms with Gasteiger partial charge in [-0.3, -0.25) is 4.79 Å². The van der Waals surface area contributed by atoms with Crippen molar-refractivity contribution in [2.24, 2.45) is 5.92 Å². The Bertz CT molecular complexity index is 104. The van der Waals surface area contributed by atoms with Crippen molar-refractivity contribution in [1.29, 1.82) is 0 Å². The Kier molecular flexibility index (Phi) is 4.94. The Labute approximate surface area is 61.4 Å².